The largest absolute Gasteiger partial charge is 0.756 e. The molecule has 0 aromatic carbocycles. The first kappa shape index (κ1) is 67.5. The molecule has 0 spiro atoms. The maximum absolute atomic E-state index is 12.8. The van der Waals surface area contributed by atoms with Crippen molar-refractivity contribution in [2.24, 2.45) is 0 Å². The lowest BCUT2D eigenvalue weighted by Gasteiger charge is -2.28. The molecule has 0 saturated heterocycles. The molecule has 0 radical (unpaired) electrons. The van der Waals surface area contributed by atoms with Gasteiger partial charge in [0.25, 0.3) is 7.82 Å². The Morgan fingerprint density at radius 2 is 0.739 bits per heavy atom. The molecule has 408 valence electrons. The van der Waals surface area contributed by atoms with Crippen LogP contribution in [-0.2, 0) is 32.7 Å². The van der Waals surface area contributed by atoms with Crippen LogP contribution in [0.5, 0.6) is 0 Å². The summed E-state index contributed by atoms with van der Waals surface area (Å²) in [5, 5.41) is 0. The zero-order valence-electron chi connectivity index (χ0n) is 46.3. The zero-order valence-corrected chi connectivity index (χ0v) is 47.2. The molecule has 0 aliphatic carbocycles. The molecule has 0 aliphatic rings. The van der Waals surface area contributed by atoms with Gasteiger partial charge in [0.1, 0.15) is 19.8 Å². The summed E-state index contributed by atoms with van der Waals surface area (Å²) in [7, 11) is 1.18. The van der Waals surface area contributed by atoms with E-state index < -0.39 is 26.5 Å². The van der Waals surface area contributed by atoms with E-state index in [9.17, 15) is 19.0 Å². The second kappa shape index (κ2) is 51.4. The van der Waals surface area contributed by atoms with Crippen LogP contribution in [0.1, 0.15) is 290 Å². The molecule has 10 heteroatoms. The van der Waals surface area contributed by atoms with Gasteiger partial charge in [0.15, 0.2) is 6.10 Å². The third kappa shape index (κ3) is 55.7. The molecule has 0 amide bonds. The van der Waals surface area contributed by atoms with Gasteiger partial charge < -0.3 is 27.9 Å². The van der Waals surface area contributed by atoms with Gasteiger partial charge in [-0.25, -0.2) is 0 Å². The number of phosphoric ester groups is 1. The van der Waals surface area contributed by atoms with Gasteiger partial charge in [0.2, 0.25) is 0 Å². The number of unbranched alkanes of at least 4 members (excludes halogenated alkanes) is 37. The summed E-state index contributed by atoms with van der Waals surface area (Å²) >= 11 is 0. The van der Waals surface area contributed by atoms with E-state index in [0.29, 0.717) is 17.4 Å². The Balaban J connectivity index is 4.07. The number of nitrogens with zero attached hydrogens (tertiary/aromatic N) is 1. The minimum atomic E-state index is -4.63. The van der Waals surface area contributed by atoms with Crippen molar-refractivity contribution in [1.29, 1.82) is 0 Å². The number of ether oxygens (including phenoxy) is 2. The van der Waals surface area contributed by atoms with Crippen molar-refractivity contribution < 1.29 is 42.1 Å². The Morgan fingerprint density at radius 3 is 1.07 bits per heavy atom. The topological polar surface area (TPSA) is 111 Å². The summed E-state index contributed by atoms with van der Waals surface area (Å²) in [6, 6.07) is 0. The van der Waals surface area contributed by atoms with Crippen LogP contribution in [0, 0.1) is 0 Å². The van der Waals surface area contributed by atoms with Crippen LogP contribution in [0.4, 0.5) is 0 Å². The van der Waals surface area contributed by atoms with E-state index in [-0.39, 0.29) is 32.0 Å². The van der Waals surface area contributed by atoms with Crippen molar-refractivity contribution in [2.75, 3.05) is 47.5 Å². The van der Waals surface area contributed by atoms with Gasteiger partial charge in [-0.2, -0.15) is 0 Å². The molecule has 2 atom stereocenters. The molecule has 9 nitrogen and oxygen atoms in total. The highest BCUT2D eigenvalue weighted by Gasteiger charge is 2.22. The van der Waals surface area contributed by atoms with Gasteiger partial charge in [-0.15, -0.1) is 0 Å². The molecule has 0 rings (SSSR count). The van der Waals surface area contributed by atoms with E-state index in [2.05, 4.69) is 38.2 Å². The molecule has 0 N–H and O–H groups in total. The molecule has 0 aromatic rings. The predicted octanol–water partition coefficient (Wildman–Crippen LogP) is 17.6. The Bertz CT molecular complexity index is 1220. The Kier molecular flexibility index (Phi) is 50.3. The van der Waals surface area contributed by atoms with Crippen LogP contribution in [-0.4, -0.2) is 70.0 Å². The molecule has 0 saturated carbocycles. The number of carbonyl (C=O) groups excluding carboxylic acids is 2. The van der Waals surface area contributed by atoms with Crippen molar-refractivity contribution >= 4 is 19.8 Å². The summed E-state index contributed by atoms with van der Waals surface area (Å²) in [6.07, 6.45) is 60.9. The lowest BCUT2D eigenvalue weighted by molar-refractivity contribution is -0.870. The van der Waals surface area contributed by atoms with Gasteiger partial charge in [0, 0.05) is 12.8 Å². The fraction of sp³-hybridized carbons (Fsp3) is 0.898. The molecular formula is C59H114NO8P. The average Bonchev–Trinajstić information content (AvgIpc) is 3.31. The average molecular weight is 997 g/mol. The van der Waals surface area contributed by atoms with Crippen molar-refractivity contribution in [3.63, 3.8) is 0 Å². The number of carbonyl (C=O) groups is 2. The molecule has 2 unspecified atom stereocenters. The fourth-order valence-electron chi connectivity index (χ4n) is 8.59. The van der Waals surface area contributed by atoms with Crippen LogP contribution in [0.15, 0.2) is 24.3 Å². The standard InChI is InChI=1S/C59H114NO8P/c1-6-8-10-12-14-16-18-20-22-24-25-26-27-28-29-30-31-32-33-34-35-36-38-40-42-44-46-48-50-52-59(62)68-57(56-67-69(63,64)66-54-53-60(3,4)5)55-65-58(61)51-49-47-45-43-41-39-37-23-21-19-17-15-13-11-9-7-2/h23-25,37,57H,6-22,26-36,38-56H2,1-5H3/b25-24-,37-23-. The van der Waals surface area contributed by atoms with Crippen LogP contribution in [0.2, 0.25) is 0 Å². The molecule has 0 heterocycles. The highest BCUT2D eigenvalue weighted by atomic mass is 31.2. The first-order valence-corrected chi connectivity index (χ1v) is 31.0. The Morgan fingerprint density at radius 1 is 0.435 bits per heavy atom. The van der Waals surface area contributed by atoms with Crippen LogP contribution >= 0.6 is 7.82 Å². The van der Waals surface area contributed by atoms with Gasteiger partial charge >= 0.3 is 11.9 Å². The summed E-state index contributed by atoms with van der Waals surface area (Å²) in [6.45, 7) is 4.27. The molecule has 0 aromatic heterocycles. The highest BCUT2D eigenvalue weighted by molar-refractivity contribution is 7.45. The number of rotatable bonds is 55. The molecule has 69 heavy (non-hydrogen) atoms. The molecular weight excluding hydrogens is 882 g/mol. The van der Waals surface area contributed by atoms with Gasteiger partial charge in [-0.1, -0.05) is 237 Å². The minimum Gasteiger partial charge on any atom is -0.756 e. The summed E-state index contributed by atoms with van der Waals surface area (Å²) < 4.78 is 34.1. The summed E-state index contributed by atoms with van der Waals surface area (Å²) in [5.74, 6) is -0.829. The number of esters is 2. The van der Waals surface area contributed by atoms with Crippen LogP contribution in [0.25, 0.3) is 0 Å². The lowest BCUT2D eigenvalue weighted by atomic mass is 10.0. The van der Waals surface area contributed by atoms with Gasteiger partial charge in [-0.3, -0.25) is 14.2 Å². The third-order valence-electron chi connectivity index (χ3n) is 13.2. The third-order valence-corrected chi connectivity index (χ3v) is 14.2. The van der Waals surface area contributed by atoms with Gasteiger partial charge in [0.05, 0.1) is 27.7 Å². The maximum atomic E-state index is 12.8. The number of likely N-dealkylation sites (N-methyl/N-ethyl adjacent to an activating group) is 1. The van der Waals surface area contributed by atoms with E-state index in [4.69, 9.17) is 18.5 Å². The summed E-state index contributed by atoms with van der Waals surface area (Å²) in [5.41, 5.74) is 0. The van der Waals surface area contributed by atoms with Crippen molar-refractivity contribution in [3.05, 3.63) is 24.3 Å². The number of allylic oxidation sites excluding steroid dienone is 4. The maximum Gasteiger partial charge on any atom is 0.306 e. The summed E-state index contributed by atoms with van der Waals surface area (Å²) in [4.78, 5) is 37.8. The predicted molar refractivity (Wildman–Crippen MR) is 291 cm³/mol. The first-order chi connectivity index (χ1) is 33.5. The SMILES string of the molecule is CCCCCCCCC/C=C\CCCCCCCC(=O)OCC(COP(=O)([O-])OCC[N+](C)(C)C)OC(=O)CCCCCCCCCCCCCCCCCCC/C=C\CCCCCCCCCC. The number of phosphoric acid groups is 1. The normalized spacial score (nSPS) is 13.4. The van der Waals surface area contributed by atoms with Crippen LogP contribution < -0.4 is 4.89 Å². The number of hydrogen-bond acceptors (Lipinski definition) is 8. The highest BCUT2D eigenvalue weighted by Crippen LogP contribution is 2.38. The van der Waals surface area contributed by atoms with Crippen LogP contribution in [0.3, 0.4) is 0 Å². The van der Waals surface area contributed by atoms with Crippen molar-refractivity contribution in [3.8, 4) is 0 Å². The second-order valence-corrected chi connectivity index (χ2v) is 22.8. The van der Waals surface area contributed by atoms with Gasteiger partial charge in [-0.05, 0) is 64.2 Å². The number of quaternary nitrogens is 1. The Labute approximate surface area is 428 Å². The van der Waals surface area contributed by atoms with E-state index in [1.54, 1.807) is 0 Å². The van der Waals surface area contributed by atoms with E-state index in [1.165, 1.54) is 205 Å². The lowest BCUT2D eigenvalue weighted by Crippen LogP contribution is -2.37. The van der Waals surface area contributed by atoms with E-state index in [1.807, 2.05) is 21.1 Å². The Hall–Kier alpha value is -1.51. The molecule has 0 bridgehead atoms. The smallest absolute Gasteiger partial charge is 0.306 e. The molecule has 0 aliphatic heterocycles. The van der Waals surface area contributed by atoms with Crippen molar-refractivity contribution in [2.45, 2.75) is 296 Å². The second-order valence-electron chi connectivity index (χ2n) is 21.4. The minimum absolute atomic E-state index is 0.0296. The van der Waals surface area contributed by atoms with E-state index >= 15 is 0 Å². The fourth-order valence-corrected chi connectivity index (χ4v) is 9.32. The first-order valence-electron chi connectivity index (χ1n) is 29.5. The zero-order chi connectivity index (χ0) is 50.6. The van der Waals surface area contributed by atoms with Crippen molar-refractivity contribution in [1.82, 2.24) is 0 Å². The quantitative estimate of drug-likeness (QED) is 0.0195. The molecule has 0 fully saturated rings. The monoisotopic (exact) mass is 996 g/mol. The van der Waals surface area contributed by atoms with E-state index in [0.717, 1.165) is 51.4 Å². The number of hydrogen-bond donors (Lipinski definition) is 0.